The highest BCUT2D eigenvalue weighted by Gasteiger charge is 2.33. The predicted molar refractivity (Wildman–Crippen MR) is 129 cm³/mol. The number of halogens is 1. The molecule has 2 aromatic rings. The van der Waals surface area contributed by atoms with Crippen LogP contribution in [0.3, 0.4) is 0 Å². The highest BCUT2D eigenvalue weighted by molar-refractivity contribution is 8.18. The van der Waals surface area contributed by atoms with Gasteiger partial charge in [0.05, 0.1) is 35.4 Å². The first kappa shape index (κ1) is 23.8. The zero-order valence-electron chi connectivity index (χ0n) is 18.1. The largest absolute Gasteiger partial charge is 0.506 e. The fourth-order valence-electron chi connectivity index (χ4n) is 2.95. The van der Waals surface area contributed by atoms with Gasteiger partial charge in [0.15, 0.2) is 11.5 Å². The number of aliphatic imine (C=N–C) groups is 1. The van der Waals surface area contributed by atoms with Gasteiger partial charge in [-0.25, -0.2) is 9.79 Å². The van der Waals surface area contributed by atoms with Crippen LogP contribution in [0, 0.1) is 0 Å². The smallest absolute Gasteiger partial charge is 0.344 e. The van der Waals surface area contributed by atoms with Gasteiger partial charge in [-0.3, -0.25) is 0 Å². The van der Waals surface area contributed by atoms with Crippen molar-refractivity contribution in [3.8, 4) is 11.5 Å². The molecule has 0 bridgehead atoms. The topological polar surface area (TPSA) is 77.4 Å². The average Bonchev–Trinajstić information content (AvgIpc) is 3.07. The van der Waals surface area contributed by atoms with Gasteiger partial charge >= 0.3 is 5.97 Å². The van der Waals surface area contributed by atoms with Crippen molar-refractivity contribution in [3.63, 3.8) is 0 Å². The molecule has 0 fully saturated rings. The minimum atomic E-state index is -0.636. The Balaban J connectivity index is 2.06. The van der Waals surface area contributed by atoms with E-state index in [0.29, 0.717) is 50.9 Å². The molecule has 0 atom stereocenters. The van der Waals surface area contributed by atoms with Crippen molar-refractivity contribution in [3.05, 3.63) is 69.3 Å². The number of carbonyl (C=O) groups is 1. The van der Waals surface area contributed by atoms with Crippen LogP contribution in [0.4, 0.5) is 5.69 Å². The minimum Gasteiger partial charge on any atom is -0.506 e. The summed E-state index contributed by atoms with van der Waals surface area (Å²) in [4.78, 5) is 17.5. The lowest BCUT2D eigenvalue weighted by molar-refractivity contribution is -0.138. The first-order valence-electron chi connectivity index (χ1n) is 10.2. The maximum atomic E-state index is 12.6. The Kier molecular flexibility index (Phi) is 8.25. The molecule has 0 amide bonds. The Hall–Kier alpha value is -2.90. The maximum Gasteiger partial charge on any atom is 0.344 e. The van der Waals surface area contributed by atoms with Gasteiger partial charge in [-0.15, -0.1) is 0 Å². The van der Waals surface area contributed by atoms with Gasteiger partial charge in [-0.2, -0.15) is 0 Å². The number of rotatable bonds is 8. The lowest BCUT2D eigenvalue weighted by Crippen LogP contribution is -2.12. The number of carbonyl (C=O) groups excluding carboxylic acids is 1. The third kappa shape index (κ3) is 5.47. The summed E-state index contributed by atoms with van der Waals surface area (Å²) in [5.41, 5.74) is 1.29. The molecule has 8 heteroatoms. The molecule has 1 N–H and O–H groups in total. The molecule has 3 rings (SSSR count). The molecule has 0 unspecified atom stereocenters. The summed E-state index contributed by atoms with van der Waals surface area (Å²) < 4.78 is 16.4. The normalized spacial score (nSPS) is 16.0. The van der Waals surface area contributed by atoms with E-state index >= 15 is 0 Å². The fourth-order valence-corrected chi connectivity index (χ4v) is 4.19. The van der Waals surface area contributed by atoms with E-state index in [2.05, 4.69) is 4.99 Å². The third-order valence-corrected chi connectivity index (χ3v) is 5.65. The van der Waals surface area contributed by atoms with Crippen LogP contribution in [0.15, 0.2) is 63.7 Å². The second-order valence-electron chi connectivity index (χ2n) is 6.49. The summed E-state index contributed by atoms with van der Waals surface area (Å²) in [6.45, 7) is 6.57. The van der Waals surface area contributed by atoms with E-state index in [9.17, 15) is 9.90 Å². The van der Waals surface area contributed by atoms with Gasteiger partial charge in [0.2, 0.25) is 0 Å². The van der Waals surface area contributed by atoms with E-state index in [0.717, 1.165) is 0 Å². The number of aliphatic hydroxyl groups excluding tert-OH is 1. The van der Waals surface area contributed by atoms with E-state index in [1.165, 1.54) is 11.8 Å². The second-order valence-corrected chi connectivity index (χ2v) is 7.93. The fraction of sp³-hybridized carbons (Fsp3) is 0.250. The van der Waals surface area contributed by atoms with E-state index in [-0.39, 0.29) is 17.9 Å². The van der Waals surface area contributed by atoms with E-state index in [1.54, 1.807) is 25.1 Å². The molecule has 1 aliphatic rings. The van der Waals surface area contributed by atoms with E-state index < -0.39 is 5.97 Å². The summed E-state index contributed by atoms with van der Waals surface area (Å²) >= 11 is 7.64. The van der Waals surface area contributed by atoms with Gasteiger partial charge in [0, 0.05) is 6.07 Å². The number of thioether (sulfide) groups is 1. The summed E-state index contributed by atoms with van der Waals surface area (Å²) in [5, 5.41) is 11.6. The zero-order chi connectivity index (χ0) is 23.1. The van der Waals surface area contributed by atoms with Crippen molar-refractivity contribution in [2.45, 2.75) is 20.8 Å². The number of ether oxygens (including phenoxy) is 3. The van der Waals surface area contributed by atoms with Gasteiger partial charge in [0.1, 0.15) is 16.4 Å². The quantitative estimate of drug-likeness (QED) is 0.451. The van der Waals surface area contributed by atoms with Crippen molar-refractivity contribution in [2.24, 2.45) is 4.99 Å². The van der Waals surface area contributed by atoms with Crippen LogP contribution in [0.25, 0.3) is 6.08 Å². The highest BCUT2D eigenvalue weighted by Crippen LogP contribution is 2.42. The number of para-hydroxylation sites is 1. The van der Waals surface area contributed by atoms with E-state index in [1.807, 2.05) is 44.2 Å². The van der Waals surface area contributed by atoms with Gasteiger partial charge in [-0.05, 0) is 50.6 Å². The third-order valence-electron chi connectivity index (χ3n) is 4.31. The second kappa shape index (κ2) is 11.1. The van der Waals surface area contributed by atoms with Crippen LogP contribution in [0.5, 0.6) is 11.5 Å². The van der Waals surface area contributed by atoms with Crippen molar-refractivity contribution in [1.29, 1.82) is 0 Å². The van der Waals surface area contributed by atoms with E-state index in [4.69, 9.17) is 25.8 Å². The number of esters is 1. The Bertz CT molecular complexity index is 1080. The Morgan fingerprint density at radius 2 is 1.72 bits per heavy atom. The molecule has 0 radical (unpaired) electrons. The number of aliphatic hydroxyl groups is 1. The van der Waals surface area contributed by atoms with Crippen LogP contribution in [-0.2, 0) is 9.53 Å². The summed E-state index contributed by atoms with van der Waals surface area (Å²) in [7, 11) is 0. The zero-order valence-corrected chi connectivity index (χ0v) is 19.6. The summed E-state index contributed by atoms with van der Waals surface area (Å²) in [6, 6.07) is 12.6. The number of hydrogen-bond acceptors (Lipinski definition) is 7. The molecule has 168 valence electrons. The standard InChI is InChI=1S/C24H24ClNO5S/c1-4-29-18-12-15(17(25)14-19(18)30-5-2)13-20-22(27)21(24(28)31-6-3)23(32-20)26-16-10-8-7-9-11-16/h7-14,27H,4-6H2,1-3H3/b20-13-,26-23?. The highest BCUT2D eigenvalue weighted by atomic mass is 35.5. The first-order valence-corrected chi connectivity index (χ1v) is 11.4. The molecule has 0 saturated carbocycles. The molecular weight excluding hydrogens is 450 g/mol. The van der Waals surface area contributed by atoms with Crippen molar-refractivity contribution < 1.29 is 24.1 Å². The number of hydrogen-bond donors (Lipinski definition) is 1. The summed E-state index contributed by atoms with van der Waals surface area (Å²) in [5.74, 6) is 0.245. The lowest BCUT2D eigenvalue weighted by Gasteiger charge is -2.13. The van der Waals surface area contributed by atoms with Gasteiger partial charge in [0.25, 0.3) is 0 Å². The van der Waals surface area contributed by atoms with Crippen molar-refractivity contribution in [2.75, 3.05) is 19.8 Å². The van der Waals surface area contributed by atoms with Crippen molar-refractivity contribution in [1.82, 2.24) is 0 Å². The van der Waals surface area contributed by atoms with Gasteiger partial charge < -0.3 is 19.3 Å². The summed E-state index contributed by atoms with van der Waals surface area (Å²) in [6.07, 6.45) is 1.69. The maximum absolute atomic E-state index is 12.6. The van der Waals surface area contributed by atoms with Crippen molar-refractivity contribution >= 4 is 46.1 Å². The van der Waals surface area contributed by atoms with Crippen LogP contribution in [0.1, 0.15) is 26.3 Å². The molecule has 32 heavy (non-hydrogen) atoms. The average molecular weight is 474 g/mol. The molecule has 1 aliphatic heterocycles. The molecule has 0 aromatic heterocycles. The molecule has 1 heterocycles. The molecule has 0 aliphatic carbocycles. The molecule has 6 nitrogen and oxygen atoms in total. The monoisotopic (exact) mass is 473 g/mol. The predicted octanol–water partition coefficient (Wildman–Crippen LogP) is 6.33. The van der Waals surface area contributed by atoms with Crippen LogP contribution < -0.4 is 9.47 Å². The molecule has 0 spiro atoms. The Morgan fingerprint density at radius 3 is 2.34 bits per heavy atom. The number of nitrogens with zero attached hydrogens (tertiary/aromatic N) is 1. The Labute approximate surface area is 196 Å². The Morgan fingerprint density at radius 1 is 1.06 bits per heavy atom. The van der Waals surface area contributed by atoms with Gasteiger partial charge in [-0.1, -0.05) is 41.6 Å². The van der Waals surface area contributed by atoms with Crippen LogP contribution in [0.2, 0.25) is 5.02 Å². The minimum absolute atomic E-state index is 0.0269. The SMILES string of the molecule is CCOC(=O)C1=C(O)/C(=C/c2cc(OCC)c(OCC)cc2Cl)SC1=Nc1ccccc1. The number of benzene rings is 2. The molecule has 2 aromatic carbocycles. The first-order chi connectivity index (χ1) is 15.5. The lowest BCUT2D eigenvalue weighted by atomic mass is 10.1. The van der Waals surface area contributed by atoms with Crippen LogP contribution >= 0.6 is 23.4 Å². The molecule has 0 saturated heterocycles. The molecular formula is C24H24ClNO5S. The van der Waals surface area contributed by atoms with Crippen LogP contribution in [-0.4, -0.2) is 35.9 Å².